The minimum absolute atomic E-state index is 0.0946. The first-order valence-corrected chi connectivity index (χ1v) is 7.62. The summed E-state index contributed by atoms with van der Waals surface area (Å²) in [6.07, 6.45) is 0. The lowest BCUT2D eigenvalue weighted by molar-refractivity contribution is -0.384. The van der Waals surface area contributed by atoms with E-state index in [1.165, 1.54) is 22.9 Å². The van der Waals surface area contributed by atoms with E-state index in [-0.39, 0.29) is 22.6 Å². The molecule has 0 aliphatic carbocycles. The molecule has 1 N–H and O–H groups in total. The highest BCUT2D eigenvalue weighted by Gasteiger charge is 2.12. The fraction of sp³-hybridized carbons (Fsp3) is 0.118. The number of non-ortho nitro benzene ring substituents is 1. The smallest absolute Gasteiger partial charge is 0.299 e. The molecule has 2 aromatic carbocycles. The molecule has 0 atom stereocenters. The lowest BCUT2D eigenvalue weighted by atomic mass is 10.3. The molecule has 0 amide bonds. The number of nitro groups is 1. The Balaban J connectivity index is 1.94. The van der Waals surface area contributed by atoms with E-state index in [1.807, 2.05) is 0 Å². The molecule has 0 fully saturated rings. The van der Waals surface area contributed by atoms with Gasteiger partial charge in [0.25, 0.3) is 11.2 Å². The number of aromatic nitrogens is 2. The van der Waals surface area contributed by atoms with Gasteiger partial charge in [-0.2, -0.15) is 5.11 Å². The zero-order chi connectivity index (χ0) is 18.7. The summed E-state index contributed by atoms with van der Waals surface area (Å²) < 4.78 is 6.44. The average molecular weight is 353 g/mol. The third-order valence-electron chi connectivity index (χ3n) is 3.68. The number of ether oxygens (including phenoxy) is 1. The van der Waals surface area contributed by atoms with Crippen LogP contribution in [0.4, 0.5) is 17.1 Å². The highest BCUT2D eigenvalue weighted by Crippen LogP contribution is 2.23. The van der Waals surface area contributed by atoms with Crippen molar-refractivity contribution in [2.24, 2.45) is 10.2 Å². The van der Waals surface area contributed by atoms with Crippen molar-refractivity contribution in [3.8, 4) is 11.4 Å². The van der Waals surface area contributed by atoms with E-state index in [9.17, 15) is 14.9 Å². The van der Waals surface area contributed by atoms with Crippen LogP contribution in [0.25, 0.3) is 5.69 Å². The summed E-state index contributed by atoms with van der Waals surface area (Å²) in [7, 11) is 1.56. The van der Waals surface area contributed by atoms with Crippen LogP contribution in [0.3, 0.4) is 0 Å². The predicted octanol–water partition coefficient (Wildman–Crippen LogP) is 3.81. The van der Waals surface area contributed by atoms with Crippen molar-refractivity contribution in [1.82, 2.24) is 9.78 Å². The normalized spacial score (nSPS) is 11.0. The number of nitro benzene ring substituents is 1. The van der Waals surface area contributed by atoms with Gasteiger partial charge in [0.1, 0.15) is 5.75 Å². The van der Waals surface area contributed by atoms with Gasteiger partial charge in [0.15, 0.2) is 5.69 Å². The molecule has 0 bridgehead atoms. The molecule has 0 spiro atoms. The molecular weight excluding hydrogens is 338 g/mol. The zero-order valence-corrected chi connectivity index (χ0v) is 14.0. The summed E-state index contributed by atoms with van der Waals surface area (Å²) in [5.41, 5.74) is 1.10. The maximum absolute atomic E-state index is 12.6. The van der Waals surface area contributed by atoms with Crippen LogP contribution < -0.4 is 10.3 Å². The van der Waals surface area contributed by atoms with Crippen molar-refractivity contribution < 1.29 is 9.66 Å². The van der Waals surface area contributed by atoms with Crippen LogP contribution in [0.15, 0.2) is 63.6 Å². The maximum atomic E-state index is 12.6. The van der Waals surface area contributed by atoms with Crippen molar-refractivity contribution >= 4 is 17.1 Å². The SMILES string of the molecule is COc1ccc(-n2[nH]c(C)c(N=Nc3cccc([N+](=O)[O-])c3)c2=O)cc1. The number of hydrogen-bond donors (Lipinski definition) is 1. The van der Waals surface area contributed by atoms with E-state index in [0.29, 0.717) is 17.1 Å². The first kappa shape index (κ1) is 17.1. The Kier molecular flexibility index (Phi) is 4.61. The fourth-order valence-corrected chi connectivity index (χ4v) is 2.35. The first-order chi connectivity index (χ1) is 12.5. The minimum atomic E-state index is -0.517. The third-order valence-corrected chi connectivity index (χ3v) is 3.68. The van der Waals surface area contributed by atoms with Gasteiger partial charge in [-0.3, -0.25) is 20.0 Å². The number of methoxy groups -OCH3 is 1. The number of aromatic amines is 1. The molecule has 0 aliphatic heterocycles. The van der Waals surface area contributed by atoms with Gasteiger partial charge in [-0.05, 0) is 37.3 Å². The van der Waals surface area contributed by atoms with Crippen molar-refractivity contribution in [2.75, 3.05) is 7.11 Å². The number of rotatable bonds is 5. The second-order valence-electron chi connectivity index (χ2n) is 5.40. The van der Waals surface area contributed by atoms with Gasteiger partial charge in [0, 0.05) is 12.1 Å². The van der Waals surface area contributed by atoms with Crippen LogP contribution in [-0.2, 0) is 0 Å². The Morgan fingerprint density at radius 2 is 1.88 bits per heavy atom. The zero-order valence-electron chi connectivity index (χ0n) is 14.0. The number of H-pyrrole nitrogens is 1. The molecule has 1 heterocycles. The van der Waals surface area contributed by atoms with E-state index in [0.717, 1.165) is 0 Å². The molecule has 26 heavy (non-hydrogen) atoms. The predicted molar refractivity (Wildman–Crippen MR) is 95.0 cm³/mol. The highest BCUT2D eigenvalue weighted by atomic mass is 16.6. The third kappa shape index (κ3) is 3.36. The first-order valence-electron chi connectivity index (χ1n) is 7.62. The van der Waals surface area contributed by atoms with Crippen molar-refractivity contribution in [2.45, 2.75) is 6.92 Å². The Labute approximate surface area is 147 Å². The molecule has 0 saturated carbocycles. The van der Waals surface area contributed by atoms with E-state index in [2.05, 4.69) is 15.3 Å². The van der Waals surface area contributed by atoms with Gasteiger partial charge < -0.3 is 4.74 Å². The Hall–Kier alpha value is -3.75. The molecule has 0 radical (unpaired) electrons. The summed E-state index contributed by atoms with van der Waals surface area (Å²) in [5, 5.41) is 21.7. The van der Waals surface area contributed by atoms with Crippen molar-refractivity contribution in [1.29, 1.82) is 0 Å². The number of nitrogens with zero attached hydrogens (tertiary/aromatic N) is 4. The molecule has 9 heteroatoms. The lowest BCUT2D eigenvalue weighted by Crippen LogP contribution is -2.13. The van der Waals surface area contributed by atoms with Gasteiger partial charge in [-0.15, -0.1) is 5.11 Å². The Bertz CT molecular complexity index is 1030. The topological polar surface area (TPSA) is 115 Å². The molecule has 0 aliphatic rings. The van der Waals surface area contributed by atoms with Gasteiger partial charge >= 0.3 is 0 Å². The minimum Gasteiger partial charge on any atom is -0.497 e. The Morgan fingerprint density at radius 3 is 2.54 bits per heavy atom. The van der Waals surface area contributed by atoms with Crippen LogP contribution >= 0.6 is 0 Å². The van der Waals surface area contributed by atoms with Crippen LogP contribution in [0.2, 0.25) is 0 Å². The van der Waals surface area contributed by atoms with Crippen molar-refractivity contribution in [3.05, 3.63) is 74.7 Å². The molecule has 9 nitrogen and oxygen atoms in total. The van der Waals surface area contributed by atoms with Gasteiger partial charge in [0.05, 0.1) is 29.1 Å². The van der Waals surface area contributed by atoms with E-state index in [4.69, 9.17) is 4.74 Å². The number of aryl methyl sites for hydroxylation is 1. The largest absolute Gasteiger partial charge is 0.497 e. The summed E-state index contributed by atoms with van der Waals surface area (Å²) in [6, 6.07) is 12.7. The fourth-order valence-electron chi connectivity index (χ4n) is 2.35. The average Bonchev–Trinajstić information content (AvgIpc) is 2.94. The van der Waals surface area contributed by atoms with Crippen molar-refractivity contribution in [3.63, 3.8) is 0 Å². The van der Waals surface area contributed by atoms with E-state index in [1.54, 1.807) is 44.4 Å². The number of azo groups is 1. The molecule has 3 aromatic rings. The Morgan fingerprint density at radius 1 is 1.15 bits per heavy atom. The van der Waals surface area contributed by atoms with Crippen LogP contribution in [-0.4, -0.2) is 21.8 Å². The van der Waals surface area contributed by atoms with Gasteiger partial charge in [0.2, 0.25) is 0 Å². The van der Waals surface area contributed by atoms with E-state index < -0.39 is 4.92 Å². The molecule has 1 aromatic heterocycles. The lowest BCUT2D eigenvalue weighted by Gasteiger charge is -2.03. The van der Waals surface area contributed by atoms with Gasteiger partial charge in [-0.1, -0.05) is 6.07 Å². The maximum Gasteiger partial charge on any atom is 0.299 e. The molecule has 0 unspecified atom stereocenters. The number of nitrogens with one attached hydrogen (secondary N) is 1. The van der Waals surface area contributed by atoms with Crippen LogP contribution in [0.1, 0.15) is 5.69 Å². The summed E-state index contributed by atoms with van der Waals surface area (Å²) in [5.74, 6) is 0.677. The number of benzene rings is 2. The number of hydrogen-bond acceptors (Lipinski definition) is 6. The van der Waals surface area contributed by atoms with Gasteiger partial charge in [-0.25, -0.2) is 4.68 Å². The molecule has 3 rings (SSSR count). The van der Waals surface area contributed by atoms with Crippen LogP contribution in [0.5, 0.6) is 5.75 Å². The molecular formula is C17H15N5O4. The second-order valence-corrected chi connectivity index (χ2v) is 5.40. The standard InChI is InChI=1S/C17H15N5O4/c1-11-16(19-18-12-4-3-5-14(10-12)22(24)25)17(23)21(20-11)13-6-8-15(26-2)9-7-13/h3-10,20H,1-2H3. The second kappa shape index (κ2) is 7.01. The van der Waals surface area contributed by atoms with E-state index >= 15 is 0 Å². The quantitative estimate of drug-likeness (QED) is 0.426. The summed E-state index contributed by atoms with van der Waals surface area (Å²) in [6.45, 7) is 1.70. The monoisotopic (exact) mass is 353 g/mol. The van der Waals surface area contributed by atoms with Crippen LogP contribution in [0, 0.1) is 17.0 Å². The molecule has 132 valence electrons. The summed E-state index contributed by atoms with van der Waals surface area (Å²) in [4.78, 5) is 22.9. The highest BCUT2D eigenvalue weighted by molar-refractivity contribution is 5.48. The summed E-state index contributed by atoms with van der Waals surface area (Å²) >= 11 is 0. The molecule has 0 saturated heterocycles.